The van der Waals surface area contributed by atoms with E-state index in [1.54, 1.807) is 43.6 Å². The molecule has 2 aromatic carbocycles. The van der Waals surface area contributed by atoms with Crippen LogP contribution < -0.4 is 10.6 Å². The maximum atomic E-state index is 13.4. The van der Waals surface area contributed by atoms with E-state index in [9.17, 15) is 8.42 Å². The second-order valence-corrected chi connectivity index (χ2v) is 9.77. The van der Waals surface area contributed by atoms with Crippen LogP contribution in [-0.4, -0.2) is 24.4 Å². The molecule has 4 aromatic rings. The number of rotatable bonds is 6. The second-order valence-electron chi connectivity index (χ2n) is 6.77. The van der Waals surface area contributed by atoms with Crippen LogP contribution >= 0.6 is 47.2 Å². The Morgan fingerprint density at radius 3 is 2.50 bits per heavy atom. The Morgan fingerprint density at radius 2 is 1.81 bits per heavy atom. The van der Waals surface area contributed by atoms with Crippen LogP contribution in [0.4, 0.5) is 11.4 Å². The van der Waals surface area contributed by atoms with Crippen molar-refractivity contribution in [3.05, 3.63) is 81.7 Å². The summed E-state index contributed by atoms with van der Waals surface area (Å²) in [5, 5.41) is 7.89. The first-order valence-corrected chi connectivity index (χ1v) is 11.8. The molecule has 0 amide bonds. The van der Waals surface area contributed by atoms with E-state index in [2.05, 4.69) is 15.6 Å². The average molecular weight is 532 g/mol. The van der Waals surface area contributed by atoms with Crippen LogP contribution in [0.15, 0.2) is 65.7 Å². The third kappa shape index (κ3) is 4.83. The minimum atomic E-state index is -3.87. The zero-order chi connectivity index (χ0) is 22.2. The lowest BCUT2D eigenvalue weighted by Crippen LogP contribution is -2.12. The Labute approximate surface area is 207 Å². The number of fused-ring (bicyclic) bond motifs is 1. The van der Waals surface area contributed by atoms with Gasteiger partial charge in [0, 0.05) is 28.8 Å². The van der Waals surface area contributed by atoms with Crippen molar-refractivity contribution in [3.8, 4) is 0 Å². The number of halogens is 4. The number of pyridine rings is 1. The van der Waals surface area contributed by atoms with E-state index >= 15 is 0 Å². The molecular formula is C21H18Cl4N4O2S. The van der Waals surface area contributed by atoms with Crippen LogP contribution in [0, 0.1) is 0 Å². The SMILES string of the molecule is CNCc1cn(S(=O)(=O)c2cccc(Cl)c2)c2cc(Nc3ccc(Cl)nc3Cl)ccc12.Cl. The van der Waals surface area contributed by atoms with Gasteiger partial charge in [-0.3, -0.25) is 0 Å². The predicted molar refractivity (Wildman–Crippen MR) is 134 cm³/mol. The van der Waals surface area contributed by atoms with E-state index in [4.69, 9.17) is 34.8 Å². The molecular weight excluding hydrogens is 514 g/mol. The van der Waals surface area contributed by atoms with Gasteiger partial charge in [0.1, 0.15) is 5.15 Å². The Balaban J connectivity index is 0.00000289. The van der Waals surface area contributed by atoms with Crippen LogP contribution in [0.2, 0.25) is 15.3 Å². The molecule has 4 rings (SSSR count). The first-order valence-electron chi connectivity index (χ1n) is 9.18. The normalized spacial score (nSPS) is 11.4. The predicted octanol–water partition coefficient (Wildman–Crippen LogP) is 6.12. The first-order chi connectivity index (χ1) is 14.8. The molecule has 0 atom stereocenters. The minimum absolute atomic E-state index is 0. The van der Waals surface area contributed by atoms with Crippen LogP contribution in [-0.2, 0) is 16.6 Å². The highest BCUT2D eigenvalue weighted by molar-refractivity contribution is 7.90. The van der Waals surface area contributed by atoms with Crippen LogP contribution in [0.3, 0.4) is 0 Å². The number of hydrogen-bond donors (Lipinski definition) is 2. The Morgan fingerprint density at radius 1 is 1.03 bits per heavy atom. The summed E-state index contributed by atoms with van der Waals surface area (Å²) >= 11 is 18.1. The maximum Gasteiger partial charge on any atom is 0.268 e. The van der Waals surface area contributed by atoms with Gasteiger partial charge >= 0.3 is 0 Å². The van der Waals surface area contributed by atoms with Gasteiger partial charge in [-0.05, 0) is 55.1 Å². The molecule has 0 radical (unpaired) electrons. The van der Waals surface area contributed by atoms with E-state index in [1.165, 1.54) is 16.1 Å². The summed E-state index contributed by atoms with van der Waals surface area (Å²) in [6.07, 6.45) is 1.62. The van der Waals surface area contributed by atoms with Gasteiger partial charge < -0.3 is 10.6 Å². The fraction of sp³-hybridized carbons (Fsp3) is 0.0952. The molecule has 11 heteroatoms. The van der Waals surface area contributed by atoms with Gasteiger partial charge in [0.05, 0.1) is 16.1 Å². The fourth-order valence-electron chi connectivity index (χ4n) is 3.28. The molecule has 2 heterocycles. The second kappa shape index (κ2) is 9.87. The van der Waals surface area contributed by atoms with Crippen LogP contribution in [0.5, 0.6) is 0 Å². The molecule has 0 saturated carbocycles. The molecule has 0 unspecified atom stereocenters. The summed E-state index contributed by atoms with van der Waals surface area (Å²) in [5.41, 5.74) is 2.57. The lowest BCUT2D eigenvalue weighted by molar-refractivity contribution is 0.589. The number of hydrogen-bond acceptors (Lipinski definition) is 5. The van der Waals surface area contributed by atoms with Gasteiger partial charge in [0.2, 0.25) is 0 Å². The topological polar surface area (TPSA) is 76.0 Å². The highest BCUT2D eigenvalue weighted by Crippen LogP contribution is 2.31. The van der Waals surface area contributed by atoms with Crippen molar-refractivity contribution >= 4 is 79.5 Å². The average Bonchev–Trinajstić information content (AvgIpc) is 3.09. The number of benzene rings is 2. The molecule has 2 aromatic heterocycles. The van der Waals surface area contributed by atoms with Crippen molar-refractivity contribution < 1.29 is 8.42 Å². The largest absolute Gasteiger partial charge is 0.353 e. The summed E-state index contributed by atoms with van der Waals surface area (Å²) in [6.45, 7) is 0.508. The molecule has 168 valence electrons. The monoisotopic (exact) mass is 530 g/mol. The van der Waals surface area contributed by atoms with Gasteiger partial charge in [0.25, 0.3) is 10.0 Å². The third-order valence-electron chi connectivity index (χ3n) is 4.67. The number of nitrogens with zero attached hydrogens (tertiary/aromatic N) is 2. The van der Waals surface area contributed by atoms with Crippen LogP contribution in [0.25, 0.3) is 10.9 Å². The van der Waals surface area contributed by atoms with Gasteiger partial charge in [-0.1, -0.05) is 46.9 Å². The number of anilines is 2. The van der Waals surface area contributed by atoms with Crippen molar-refractivity contribution in [1.29, 1.82) is 0 Å². The zero-order valence-corrected chi connectivity index (χ0v) is 20.5. The molecule has 6 nitrogen and oxygen atoms in total. The summed E-state index contributed by atoms with van der Waals surface area (Å²) in [4.78, 5) is 4.12. The molecule has 32 heavy (non-hydrogen) atoms. The van der Waals surface area contributed by atoms with Crippen molar-refractivity contribution in [2.24, 2.45) is 0 Å². The summed E-state index contributed by atoms with van der Waals surface area (Å²) in [6, 6.07) is 15.0. The highest BCUT2D eigenvalue weighted by Gasteiger charge is 2.22. The van der Waals surface area contributed by atoms with Crippen molar-refractivity contribution in [3.63, 3.8) is 0 Å². The van der Waals surface area contributed by atoms with Crippen LogP contribution in [0.1, 0.15) is 5.56 Å². The lowest BCUT2D eigenvalue weighted by Gasteiger charge is -2.11. The molecule has 0 aliphatic carbocycles. The highest BCUT2D eigenvalue weighted by atomic mass is 35.5. The Hall–Kier alpha value is -2.00. The Kier molecular flexibility index (Phi) is 7.60. The summed E-state index contributed by atoms with van der Waals surface area (Å²) < 4.78 is 28.1. The summed E-state index contributed by atoms with van der Waals surface area (Å²) in [5.74, 6) is 0. The molecule has 0 bridgehead atoms. The minimum Gasteiger partial charge on any atom is -0.353 e. The molecule has 0 spiro atoms. The van der Waals surface area contributed by atoms with Crippen molar-refractivity contribution in [2.45, 2.75) is 11.4 Å². The van der Waals surface area contributed by atoms with E-state index in [0.29, 0.717) is 28.5 Å². The Bertz CT molecular complexity index is 1390. The van der Waals surface area contributed by atoms with Gasteiger partial charge in [-0.2, -0.15) is 0 Å². The summed E-state index contributed by atoms with van der Waals surface area (Å²) in [7, 11) is -2.06. The van der Waals surface area contributed by atoms with E-state index in [1.807, 2.05) is 12.1 Å². The first kappa shape index (κ1) is 24.6. The van der Waals surface area contributed by atoms with E-state index in [0.717, 1.165) is 10.9 Å². The van der Waals surface area contributed by atoms with E-state index < -0.39 is 10.0 Å². The molecule has 2 N–H and O–H groups in total. The molecule has 0 aliphatic heterocycles. The third-order valence-corrected chi connectivity index (χ3v) is 7.07. The van der Waals surface area contributed by atoms with Gasteiger partial charge in [0.15, 0.2) is 5.15 Å². The number of aromatic nitrogens is 2. The molecule has 0 saturated heterocycles. The fourth-order valence-corrected chi connectivity index (χ4v) is 5.35. The van der Waals surface area contributed by atoms with Crippen molar-refractivity contribution in [2.75, 3.05) is 12.4 Å². The van der Waals surface area contributed by atoms with Crippen molar-refractivity contribution in [1.82, 2.24) is 14.3 Å². The van der Waals surface area contributed by atoms with Gasteiger partial charge in [-0.15, -0.1) is 12.4 Å². The maximum absolute atomic E-state index is 13.4. The standard InChI is InChI=1S/C21H17Cl3N4O2S.ClH/c1-25-11-13-12-28(31(29,30)16-4-2-3-14(22)9-16)19-10-15(5-6-17(13)19)26-18-7-8-20(23)27-21(18)24;/h2-10,12,25-26H,11H2,1H3;1H. The van der Waals surface area contributed by atoms with Gasteiger partial charge in [-0.25, -0.2) is 17.4 Å². The molecule has 0 fully saturated rings. The smallest absolute Gasteiger partial charge is 0.268 e. The quantitative estimate of drug-likeness (QED) is 0.293. The molecule has 0 aliphatic rings. The van der Waals surface area contributed by atoms with E-state index in [-0.39, 0.29) is 27.6 Å². The zero-order valence-electron chi connectivity index (χ0n) is 16.6. The number of nitrogens with one attached hydrogen (secondary N) is 2. The lowest BCUT2D eigenvalue weighted by atomic mass is 10.1.